The molecule has 1 fully saturated rings. The Hall–Kier alpha value is 0.490. The maximum Gasteiger partial charge on any atom is 0.0388 e. The van der Waals surface area contributed by atoms with Crippen molar-refractivity contribution in [3.63, 3.8) is 0 Å². The van der Waals surface area contributed by atoms with E-state index in [9.17, 15) is 0 Å². The maximum absolute atomic E-state index is 3.68. The predicted molar refractivity (Wildman–Crippen MR) is 69.3 cm³/mol. The highest BCUT2D eigenvalue weighted by molar-refractivity contribution is 9.10. The SMILES string of the molecule is CC(NC1CCSC1)c1cc(Br)cs1. The quantitative estimate of drug-likeness (QED) is 0.912. The van der Waals surface area contributed by atoms with Gasteiger partial charge in [0.1, 0.15) is 0 Å². The van der Waals surface area contributed by atoms with E-state index in [1.165, 1.54) is 27.3 Å². The molecule has 0 radical (unpaired) electrons. The summed E-state index contributed by atoms with van der Waals surface area (Å²) in [6, 6.07) is 3.43. The van der Waals surface area contributed by atoms with Gasteiger partial charge in [0.15, 0.2) is 0 Å². The van der Waals surface area contributed by atoms with Crippen LogP contribution in [0, 0.1) is 0 Å². The minimum absolute atomic E-state index is 0.495. The van der Waals surface area contributed by atoms with E-state index < -0.39 is 0 Å². The molecule has 1 N–H and O–H groups in total. The van der Waals surface area contributed by atoms with Crippen LogP contribution in [0.15, 0.2) is 15.9 Å². The molecule has 2 unspecified atom stereocenters. The molecule has 0 bridgehead atoms. The van der Waals surface area contributed by atoms with Crippen LogP contribution in [0.3, 0.4) is 0 Å². The largest absolute Gasteiger partial charge is 0.306 e. The molecule has 0 aromatic carbocycles. The Bertz CT molecular complexity index is 294. The van der Waals surface area contributed by atoms with Crippen molar-refractivity contribution in [2.75, 3.05) is 11.5 Å². The minimum atomic E-state index is 0.495. The fraction of sp³-hybridized carbons (Fsp3) is 0.600. The van der Waals surface area contributed by atoms with E-state index in [1.54, 1.807) is 0 Å². The molecule has 1 nitrogen and oxygen atoms in total. The van der Waals surface area contributed by atoms with E-state index in [2.05, 4.69) is 51.4 Å². The summed E-state index contributed by atoms with van der Waals surface area (Å²) in [6.07, 6.45) is 1.32. The van der Waals surface area contributed by atoms with Gasteiger partial charge in [-0.25, -0.2) is 0 Å². The fourth-order valence-electron chi connectivity index (χ4n) is 1.66. The Kier molecular flexibility index (Phi) is 3.93. The van der Waals surface area contributed by atoms with Crippen molar-refractivity contribution in [1.29, 1.82) is 0 Å². The number of thioether (sulfide) groups is 1. The molecule has 78 valence electrons. The van der Waals surface area contributed by atoms with Crippen molar-refractivity contribution in [3.05, 3.63) is 20.8 Å². The van der Waals surface area contributed by atoms with Gasteiger partial charge in [0.05, 0.1) is 0 Å². The second kappa shape index (κ2) is 5.01. The Balaban J connectivity index is 1.91. The van der Waals surface area contributed by atoms with Crippen LogP contribution in [-0.2, 0) is 0 Å². The molecule has 1 saturated heterocycles. The van der Waals surface area contributed by atoms with E-state index in [-0.39, 0.29) is 0 Å². The predicted octanol–water partition coefficient (Wildman–Crippen LogP) is 3.67. The molecule has 0 aliphatic carbocycles. The number of thiophene rings is 1. The lowest BCUT2D eigenvalue weighted by Gasteiger charge is -2.17. The monoisotopic (exact) mass is 291 g/mol. The van der Waals surface area contributed by atoms with Crippen LogP contribution in [-0.4, -0.2) is 17.5 Å². The fourth-order valence-corrected chi connectivity index (χ4v) is 4.28. The van der Waals surface area contributed by atoms with Crippen molar-refractivity contribution in [2.24, 2.45) is 0 Å². The highest BCUT2D eigenvalue weighted by Gasteiger charge is 2.18. The summed E-state index contributed by atoms with van der Waals surface area (Å²) in [6.45, 7) is 2.25. The molecule has 14 heavy (non-hydrogen) atoms. The van der Waals surface area contributed by atoms with Crippen LogP contribution in [0.5, 0.6) is 0 Å². The number of hydrogen-bond acceptors (Lipinski definition) is 3. The minimum Gasteiger partial charge on any atom is -0.306 e. The van der Waals surface area contributed by atoms with E-state index in [1.807, 2.05) is 11.3 Å². The first-order valence-electron chi connectivity index (χ1n) is 4.83. The smallest absolute Gasteiger partial charge is 0.0388 e. The van der Waals surface area contributed by atoms with Crippen LogP contribution in [0.2, 0.25) is 0 Å². The summed E-state index contributed by atoms with van der Waals surface area (Å²) in [5.41, 5.74) is 0. The van der Waals surface area contributed by atoms with Crippen LogP contribution in [0.4, 0.5) is 0 Å². The van der Waals surface area contributed by atoms with Crippen molar-refractivity contribution in [1.82, 2.24) is 5.32 Å². The molecule has 4 heteroatoms. The van der Waals surface area contributed by atoms with Gasteiger partial charge < -0.3 is 5.32 Å². The summed E-state index contributed by atoms with van der Waals surface area (Å²) >= 11 is 7.37. The van der Waals surface area contributed by atoms with E-state index in [0.29, 0.717) is 6.04 Å². The summed E-state index contributed by atoms with van der Waals surface area (Å²) in [5.74, 6) is 2.59. The second-order valence-electron chi connectivity index (χ2n) is 3.62. The lowest BCUT2D eigenvalue weighted by atomic mass is 10.2. The standard InChI is InChI=1S/C10H14BrNS2/c1-7(10-4-8(11)5-14-10)12-9-2-3-13-6-9/h4-5,7,9,12H,2-3,6H2,1H3. The third-order valence-electron chi connectivity index (χ3n) is 2.43. The zero-order valence-corrected chi connectivity index (χ0v) is 11.3. The Morgan fingerprint density at radius 3 is 3.07 bits per heavy atom. The summed E-state index contributed by atoms with van der Waals surface area (Å²) in [5, 5.41) is 5.83. The summed E-state index contributed by atoms with van der Waals surface area (Å²) in [7, 11) is 0. The van der Waals surface area contributed by atoms with Gasteiger partial charge in [-0.15, -0.1) is 11.3 Å². The third-order valence-corrected chi connectivity index (χ3v) is 5.47. The van der Waals surface area contributed by atoms with Crippen molar-refractivity contribution in [3.8, 4) is 0 Å². The van der Waals surface area contributed by atoms with Crippen LogP contribution < -0.4 is 5.32 Å². The molecule has 0 amide bonds. The van der Waals surface area contributed by atoms with Crippen LogP contribution in [0.1, 0.15) is 24.3 Å². The molecule has 1 aliphatic rings. The molecule has 1 aliphatic heterocycles. The molecule has 1 aromatic rings. The van der Waals surface area contributed by atoms with Crippen LogP contribution >= 0.6 is 39.0 Å². The highest BCUT2D eigenvalue weighted by atomic mass is 79.9. The van der Waals surface area contributed by atoms with Gasteiger partial charge in [0, 0.05) is 32.6 Å². The first-order chi connectivity index (χ1) is 6.75. The van der Waals surface area contributed by atoms with E-state index in [0.717, 1.165) is 6.04 Å². The van der Waals surface area contributed by atoms with Gasteiger partial charge in [0.25, 0.3) is 0 Å². The Labute approximate surface area is 102 Å². The van der Waals surface area contributed by atoms with E-state index in [4.69, 9.17) is 0 Å². The number of rotatable bonds is 3. The van der Waals surface area contributed by atoms with Crippen molar-refractivity contribution >= 4 is 39.0 Å². The molecular formula is C10H14BrNS2. The van der Waals surface area contributed by atoms with Crippen molar-refractivity contribution < 1.29 is 0 Å². The molecule has 2 atom stereocenters. The molecule has 0 saturated carbocycles. The average Bonchev–Trinajstić information content (AvgIpc) is 2.75. The average molecular weight is 292 g/mol. The lowest BCUT2D eigenvalue weighted by Crippen LogP contribution is -2.30. The molecule has 0 spiro atoms. The number of halogens is 1. The highest BCUT2D eigenvalue weighted by Crippen LogP contribution is 2.27. The lowest BCUT2D eigenvalue weighted by molar-refractivity contribution is 0.491. The van der Waals surface area contributed by atoms with Crippen molar-refractivity contribution in [2.45, 2.75) is 25.4 Å². The topological polar surface area (TPSA) is 12.0 Å². The Morgan fingerprint density at radius 1 is 1.64 bits per heavy atom. The maximum atomic E-state index is 3.68. The van der Waals surface area contributed by atoms with Gasteiger partial charge in [-0.1, -0.05) is 0 Å². The zero-order chi connectivity index (χ0) is 9.97. The Morgan fingerprint density at radius 2 is 2.50 bits per heavy atom. The zero-order valence-electron chi connectivity index (χ0n) is 8.13. The second-order valence-corrected chi connectivity index (χ2v) is 6.62. The molecule has 2 heterocycles. The summed E-state index contributed by atoms with van der Waals surface area (Å²) in [4.78, 5) is 1.42. The third kappa shape index (κ3) is 2.75. The van der Waals surface area contributed by atoms with Gasteiger partial charge in [-0.2, -0.15) is 11.8 Å². The van der Waals surface area contributed by atoms with Crippen LogP contribution in [0.25, 0.3) is 0 Å². The van der Waals surface area contributed by atoms with E-state index >= 15 is 0 Å². The number of nitrogens with one attached hydrogen (secondary N) is 1. The van der Waals surface area contributed by atoms with Gasteiger partial charge >= 0.3 is 0 Å². The molecule has 2 rings (SSSR count). The normalized spacial score (nSPS) is 24.0. The van der Waals surface area contributed by atoms with Gasteiger partial charge in [0.2, 0.25) is 0 Å². The first kappa shape index (κ1) is 11.0. The molecule has 1 aromatic heterocycles. The first-order valence-corrected chi connectivity index (χ1v) is 7.66. The van der Waals surface area contributed by atoms with Gasteiger partial charge in [-0.05, 0) is 41.1 Å². The van der Waals surface area contributed by atoms with Gasteiger partial charge in [-0.3, -0.25) is 0 Å². The molecular weight excluding hydrogens is 278 g/mol. The number of hydrogen-bond donors (Lipinski definition) is 1. The summed E-state index contributed by atoms with van der Waals surface area (Å²) < 4.78 is 1.20.